The van der Waals surface area contributed by atoms with E-state index in [0.29, 0.717) is 18.4 Å². The lowest BCUT2D eigenvalue weighted by atomic mass is 10.2. The van der Waals surface area contributed by atoms with Crippen molar-refractivity contribution in [2.45, 2.75) is 19.0 Å². The minimum Gasteiger partial charge on any atom is -0.378 e. The van der Waals surface area contributed by atoms with Crippen molar-refractivity contribution in [3.63, 3.8) is 0 Å². The van der Waals surface area contributed by atoms with Crippen molar-refractivity contribution in [3.05, 3.63) is 0 Å². The summed E-state index contributed by atoms with van der Waals surface area (Å²) in [5.74, 6) is 1.04. The molecule has 0 spiro atoms. The quantitative estimate of drug-likeness (QED) is 0.481. The van der Waals surface area contributed by atoms with Gasteiger partial charge in [0.25, 0.3) is 0 Å². The number of halogens is 1. The molecule has 2 rings (SSSR count). The van der Waals surface area contributed by atoms with E-state index in [1.165, 1.54) is 0 Å². The highest BCUT2D eigenvalue weighted by molar-refractivity contribution is 4.92. The molecule has 1 saturated heterocycles. The average Bonchev–Trinajstić information content (AvgIpc) is 2.55. The fourth-order valence-electron chi connectivity index (χ4n) is 1.60. The van der Waals surface area contributed by atoms with Crippen LogP contribution in [0.15, 0.2) is 0 Å². The molecule has 0 aromatic heterocycles. The highest BCUT2D eigenvalue weighted by Crippen LogP contribution is 2.46. The van der Waals surface area contributed by atoms with E-state index in [9.17, 15) is 4.39 Å². The van der Waals surface area contributed by atoms with Crippen LogP contribution in [0.4, 0.5) is 4.39 Å². The molecule has 3 unspecified atom stereocenters. The van der Waals surface area contributed by atoms with Crippen LogP contribution < -0.4 is 0 Å². The number of alkyl halides is 1. The summed E-state index contributed by atoms with van der Waals surface area (Å²) in [4.78, 5) is 0. The lowest BCUT2D eigenvalue weighted by molar-refractivity contribution is 0.0854. The number of fused-ring (bicyclic) bond motifs is 1. The van der Waals surface area contributed by atoms with Gasteiger partial charge in [-0.3, -0.25) is 0 Å². The largest absolute Gasteiger partial charge is 0.378 e. The van der Waals surface area contributed by atoms with Crippen LogP contribution in [0.5, 0.6) is 0 Å². The van der Waals surface area contributed by atoms with Crippen LogP contribution in [0.3, 0.4) is 0 Å². The molecular weight excluding hydrogens is 119 g/mol. The van der Waals surface area contributed by atoms with Gasteiger partial charge in [0.05, 0.1) is 6.61 Å². The maximum Gasteiger partial charge on any atom is 0.126 e. The van der Waals surface area contributed by atoms with E-state index in [0.717, 1.165) is 19.4 Å². The third-order valence-corrected chi connectivity index (χ3v) is 2.35. The van der Waals surface area contributed by atoms with Crippen molar-refractivity contribution >= 4 is 0 Å². The average molecular weight is 130 g/mol. The Hall–Kier alpha value is -0.110. The van der Waals surface area contributed by atoms with E-state index >= 15 is 0 Å². The van der Waals surface area contributed by atoms with E-state index in [-0.39, 0.29) is 0 Å². The van der Waals surface area contributed by atoms with Crippen LogP contribution >= 0.6 is 0 Å². The molecule has 0 aromatic carbocycles. The zero-order valence-electron chi connectivity index (χ0n) is 5.35. The molecule has 2 aliphatic rings. The Balaban J connectivity index is 1.96. The van der Waals surface area contributed by atoms with E-state index in [1.807, 2.05) is 0 Å². The molecule has 2 heteroatoms. The molecule has 52 valence electrons. The van der Waals surface area contributed by atoms with Crippen LogP contribution in [0.1, 0.15) is 12.8 Å². The fraction of sp³-hybridized carbons (Fsp3) is 1.00. The third kappa shape index (κ3) is 0.960. The number of ether oxygens (including phenoxy) is 1. The van der Waals surface area contributed by atoms with Gasteiger partial charge < -0.3 is 4.74 Å². The second kappa shape index (κ2) is 1.94. The van der Waals surface area contributed by atoms with Gasteiger partial charge in [-0.15, -0.1) is 0 Å². The Bertz CT molecular complexity index is 115. The molecule has 1 nitrogen and oxygen atoms in total. The molecule has 0 amide bonds. The molecule has 1 heterocycles. The maximum atomic E-state index is 12.8. The summed E-state index contributed by atoms with van der Waals surface area (Å²) in [6, 6.07) is 0. The normalized spacial score (nSPS) is 49.7. The second-order valence-electron chi connectivity index (χ2n) is 3.04. The summed E-state index contributed by atoms with van der Waals surface area (Å²) in [5, 5.41) is 0. The van der Waals surface area contributed by atoms with Crippen molar-refractivity contribution in [2.75, 3.05) is 13.2 Å². The number of rotatable bonds is 0. The van der Waals surface area contributed by atoms with Gasteiger partial charge in [0.2, 0.25) is 0 Å². The smallest absolute Gasteiger partial charge is 0.126 e. The van der Waals surface area contributed by atoms with Gasteiger partial charge in [-0.05, 0) is 24.7 Å². The Morgan fingerprint density at radius 3 is 3.22 bits per heavy atom. The lowest BCUT2D eigenvalue weighted by Gasteiger charge is -2.02. The lowest BCUT2D eigenvalue weighted by Crippen LogP contribution is -2.10. The first-order valence-electron chi connectivity index (χ1n) is 3.60. The van der Waals surface area contributed by atoms with Crippen LogP contribution in [-0.4, -0.2) is 19.4 Å². The standard InChI is InChI=1S/C7H11FO/c8-7-4-9-2-1-5-3-6(5)7/h5-7H,1-4H2. The van der Waals surface area contributed by atoms with Gasteiger partial charge >= 0.3 is 0 Å². The van der Waals surface area contributed by atoms with E-state index in [1.54, 1.807) is 0 Å². The second-order valence-corrected chi connectivity index (χ2v) is 3.04. The zero-order valence-corrected chi connectivity index (χ0v) is 5.35. The first-order valence-corrected chi connectivity index (χ1v) is 3.60. The molecule has 3 atom stereocenters. The minimum atomic E-state index is -0.655. The Morgan fingerprint density at radius 2 is 2.33 bits per heavy atom. The van der Waals surface area contributed by atoms with Gasteiger partial charge in [0.15, 0.2) is 0 Å². The van der Waals surface area contributed by atoms with Gasteiger partial charge in [-0.2, -0.15) is 0 Å². The number of hydrogen-bond donors (Lipinski definition) is 0. The first kappa shape index (κ1) is 5.66. The van der Waals surface area contributed by atoms with Crippen molar-refractivity contribution in [1.82, 2.24) is 0 Å². The van der Waals surface area contributed by atoms with E-state index in [4.69, 9.17) is 4.74 Å². The maximum absolute atomic E-state index is 12.8. The summed E-state index contributed by atoms with van der Waals surface area (Å²) in [6.45, 7) is 1.13. The highest BCUT2D eigenvalue weighted by Gasteiger charge is 2.44. The van der Waals surface area contributed by atoms with Crippen LogP contribution in [-0.2, 0) is 4.74 Å². The fourth-order valence-corrected chi connectivity index (χ4v) is 1.60. The number of hydrogen-bond acceptors (Lipinski definition) is 1. The van der Waals surface area contributed by atoms with Gasteiger partial charge in [0, 0.05) is 6.61 Å². The zero-order chi connectivity index (χ0) is 6.27. The summed E-state index contributed by atoms with van der Waals surface area (Å²) >= 11 is 0. The van der Waals surface area contributed by atoms with Crippen LogP contribution in [0, 0.1) is 11.8 Å². The van der Waals surface area contributed by atoms with Crippen LogP contribution in [0.2, 0.25) is 0 Å². The summed E-state index contributed by atoms with van der Waals surface area (Å²) in [5.41, 5.74) is 0. The van der Waals surface area contributed by atoms with Gasteiger partial charge in [-0.25, -0.2) is 4.39 Å². The van der Waals surface area contributed by atoms with Gasteiger partial charge in [-0.1, -0.05) is 0 Å². The first-order chi connectivity index (χ1) is 4.38. The summed E-state index contributed by atoms with van der Waals surface area (Å²) in [7, 11) is 0. The monoisotopic (exact) mass is 130 g/mol. The topological polar surface area (TPSA) is 9.23 Å². The van der Waals surface area contributed by atoms with E-state index < -0.39 is 6.17 Å². The molecule has 0 radical (unpaired) electrons. The van der Waals surface area contributed by atoms with Crippen molar-refractivity contribution in [1.29, 1.82) is 0 Å². The van der Waals surface area contributed by atoms with Crippen molar-refractivity contribution < 1.29 is 9.13 Å². The molecule has 9 heavy (non-hydrogen) atoms. The molecule has 0 bridgehead atoms. The molecule has 1 saturated carbocycles. The predicted octanol–water partition coefficient (Wildman–Crippen LogP) is 1.38. The summed E-state index contributed by atoms with van der Waals surface area (Å²) < 4.78 is 17.8. The van der Waals surface area contributed by atoms with Crippen LogP contribution in [0.25, 0.3) is 0 Å². The van der Waals surface area contributed by atoms with Crippen molar-refractivity contribution in [2.24, 2.45) is 11.8 Å². The van der Waals surface area contributed by atoms with Crippen molar-refractivity contribution in [3.8, 4) is 0 Å². The SMILES string of the molecule is FC1COCCC2CC12. The Morgan fingerprint density at radius 1 is 1.44 bits per heavy atom. The third-order valence-electron chi connectivity index (χ3n) is 2.35. The van der Waals surface area contributed by atoms with E-state index in [2.05, 4.69) is 0 Å². The van der Waals surface area contributed by atoms with Gasteiger partial charge in [0.1, 0.15) is 6.17 Å². The molecule has 1 aliphatic heterocycles. The Kier molecular flexibility index (Phi) is 1.22. The Labute approximate surface area is 54.2 Å². The molecular formula is C7H11FO. The molecule has 1 aliphatic carbocycles. The molecule has 0 N–H and O–H groups in total. The summed E-state index contributed by atoms with van der Waals surface area (Å²) in [6.07, 6.45) is 1.55. The molecule has 2 fully saturated rings. The molecule has 0 aromatic rings. The predicted molar refractivity (Wildman–Crippen MR) is 31.9 cm³/mol. The minimum absolute atomic E-state index is 0.348. The highest BCUT2D eigenvalue weighted by atomic mass is 19.1.